The predicted molar refractivity (Wildman–Crippen MR) is 129 cm³/mol. The van der Waals surface area contributed by atoms with Crippen molar-refractivity contribution in [3.63, 3.8) is 0 Å². The Labute approximate surface area is 196 Å². The van der Waals surface area contributed by atoms with Gasteiger partial charge in [-0.15, -0.1) is 0 Å². The summed E-state index contributed by atoms with van der Waals surface area (Å²) in [4.78, 5) is 28.1. The van der Waals surface area contributed by atoms with Crippen LogP contribution >= 0.6 is 11.6 Å². The normalized spacial score (nSPS) is 16.2. The molecule has 0 bridgehead atoms. The number of rotatable bonds is 6. The van der Waals surface area contributed by atoms with Crippen molar-refractivity contribution in [2.45, 2.75) is 25.3 Å². The summed E-state index contributed by atoms with van der Waals surface area (Å²) in [6.45, 7) is 3.38. The van der Waals surface area contributed by atoms with Gasteiger partial charge < -0.3 is 20.1 Å². The molecule has 1 saturated carbocycles. The van der Waals surface area contributed by atoms with Crippen LogP contribution in [0.3, 0.4) is 0 Å². The Balaban J connectivity index is 1.45. The molecule has 172 valence electrons. The van der Waals surface area contributed by atoms with E-state index in [-0.39, 0.29) is 17.0 Å². The number of fused-ring (bicyclic) bond motifs is 1. The molecule has 0 radical (unpaired) electrons. The van der Waals surface area contributed by atoms with Crippen molar-refractivity contribution in [1.29, 1.82) is 0 Å². The maximum absolute atomic E-state index is 15.1. The summed E-state index contributed by atoms with van der Waals surface area (Å²) in [5.41, 5.74) is 1.81. The summed E-state index contributed by atoms with van der Waals surface area (Å²) in [6, 6.07) is 10.8. The molecule has 1 aromatic heterocycles. The van der Waals surface area contributed by atoms with Gasteiger partial charge in [-0.05, 0) is 49.1 Å². The van der Waals surface area contributed by atoms with E-state index >= 15 is 4.39 Å². The van der Waals surface area contributed by atoms with Crippen LogP contribution in [-0.4, -0.2) is 43.2 Å². The number of benzene rings is 2. The van der Waals surface area contributed by atoms with Crippen LogP contribution in [0.15, 0.2) is 47.4 Å². The van der Waals surface area contributed by atoms with Crippen LogP contribution in [0.1, 0.15) is 34.8 Å². The highest BCUT2D eigenvalue weighted by molar-refractivity contribution is 6.30. The lowest BCUT2D eigenvalue weighted by Crippen LogP contribution is -2.44. The van der Waals surface area contributed by atoms with Crippen molar-refractivity contribution in [2.24, 2.45) is 0 Å². The smallest absolute Gasteiger partial charge is 0.256 e. The first-order valence-electron chi connectivity index (χ1n) is 11.4. The van der Waals surface area contributed by atoms with Crippen molar-refractivity contribution in [3.8, 4) is 0 Å². The molecule has 1 amide bonds. The van der Waals surface area contributed by atoms with Gasteiger partial charge in [-0.25, -0.2) is 4.39 Å². The lowest BCUT2D eigenvalue weighted by molar-refractivity contribution is 0.0952. The number of hydrogen-bond acceptors (Lipinski definition) is 4. The van der Waals surface area contributed by atoms with Crippen molar-refractivity contribution >= 4 is 34.1 Å². The maximum atomic E-state index is 15.1. The van der Waals surface area contributed by atoms with Gasteiger partial charge in [-0.3, -0.25) is 9.59 Å². The molecule has 8 heteroatoms. The molecular weight excluding hydrogens is 443 g/mol. The molecule has 0 atom stereocenters. The highest BCUT2D eigenvalue weighted by Gasteiger charge is 2.28. The van der Waals surface area contributed by atoms with Crippen LogP contribution in [0.2, 0.25) is 5.02 Å². The number of amides is 1. The number of pyridine rings is 1. The first-order chi connectivity index (χ1) is 16.0. The quantitative estimate of drug-likeness (QED) is 0.581. The second-order valence-electron chi connectivity index (χ2n) is 8.70. The minimum Gasteiger partial charge on any atom is -0.367 e. The van der Waals surface area contributed by atoms with E-state index in [1.807, 2.05) is 27.7 Å². The van der Waals surface area contributed by atoms with E-state index in [0.717, 1.165) is 31.5 Å². The van der Waals surface area contributed by atoms with E-state index in [0.29, 0.717) is 42.3 Å². The lowest BCUT2D eigenvalue weighted by atomic mass is 10.1. The third-order valence-corrected chi connectivity index (χ3v) is 6.57. The monoisotopic (exact) mass is 468 g/mol. The highest BCUT2D eigenvalue weighted by atomic mass is 35.5. The average molecular weight is 469 g/mol. The van der Waals surface area contributed by atoms with E-state index < -0.39 is 17.2 Å². The van der Waals surface area contributed by atoms with Crippen molar-refractivity contribution in [2.75, 3.05) is 37.6 Å². The van der Waals surface area contributed by atoms with Gasteiger partial charge in [0.05, 0.1) is 11.2 Å². The number of carbonyl (C=O) groups excluding carboxylic acids is 1. The fourth-order valence-electron chi connectivity index (χ4n) is 4.43. The molecule has 2 N–H and O–H groups in total. The zero-order valence-electron chi connectivity index (χ0n) is 18.2. The first kappa shape index (κ1) is 21.9. The standard InChI is InChI=1S/C25H26ClFN4O2/c26-17-3-1-2-16(12-17)6-7-29-25(33)20-15-31(18-4-5-18)22-14-23(30-10-8-28-9-11-30)21(27)13-19(22)24(20)32/h1-3,12-15,18,28H,4-11H2,(H,29,33). The second-order valence-corrected chi connectivity index (χ2v) is 9.14. The molecule has 0 unspecified atom stereocenters. The fraction of sp³-hybridized carbons (Fsp3) is 0.360. The van der Waals surface area contributed by atoms with Gasteiger partial charge in [0.15, 0.2) is 0 Å². The number of piperazine rings is 1. The summed E-state index contributed by atoms with van der Waals surface area (Å²) < 4.78 is 17.0. The summed E-state index contributed by atoms with van der Waals surface area (Å²) in [5, 5.41) is 6.99. The number of nitrogens with zero attached hydrogens (tertiary/aromatic N) is 2. The first-order valence-corrected chi connectivity index (χ1v) is 11.8. The summed E-state index contributed by atoms with van der Waals surface area (Å²) in [5.74, 6) is -0.868. The molecule has 33 heavy (non-hydrogen) atoms. The molecule has 1 aliphatic carbocycles. The van der Waals surface area contributed by atoms with Crippen LogP contribution in [0.4, 0.5) is 10.1 Å². The van der Waals surface area contributed by atoms with Crippen LogP contribution in [0.25, 0.3) is 10.9 Å². The van der Waals surface area contributed by atoms with E-state index in [4.69, 9.17) is 11.6 Å². The molecule has 3 aromatic rings. The van der Waals surface area contributed by atoms with E-state index in [9.17, 15) is 9.59 Å². The minimum absolute atomic E-state index is 0.0508. The topological polar surface area (TPSA) is 66.4 Å². The summed E-state index contributed by atoms with van der Waals surface area (Å²) >= 11 is 6.02. The van der Waals surface area contributed by atoms with Gasteiger partial charge in [0.2, 0.25) is 5.43 Å². The number of halogens is 2. The van der Waals surface area contributed by atoms with Crippen molar-refractivity contribution in [3.05, 3.63) is 74.8 Å². The average Bonchev–Trinajstić information content (AvgIpc) is 3.65. The Morgan fingerprint density at radius 2 is 1.97 bits per heavy atom. The van der Waals surface area contributed by atoms with Gasteiger partial charge >= 0.3 is 0 Å². The molecule has 6 nitrogen and oxygen atoms in total. The molecule has 2 aliphatic rings. The van der Waals surface area contributed by atoms with E-state index in [1.165, 1.54) is 6.07 Å². The SMILES string of the molecule is O=C(NCCc1cccc(Cl)c1)c1cn(C2CC2)c2cc(N3CCNCC3)c(F)cc2c1=O. The van der Waals surface area contributed by atoms with Gasteiger partial charge in [-0.1, -0.05) is 23.7 Å². The third kappa shape index (κ3) is 4.61. The lowest BCUT2D eigenvalue weighted by Gasteiger charge is -2.30. The molecular formula is C25H26ClFN4O2. The zero-order chi connectivity index (χ0) is 22.9. The van der Waals surface area contributed by atoms with Gasteiger partial charge in [0, 0.05) is 55.4 Å². The minimum atomic E-state index is -0.440. The van der Waals surface area contributed by atoms with Crippen LogP contribution in [0, 0.1) is 5.82 Å². The third-order valence-electron chi connectivity index (χ3n) is 6.33. The Hall–Kier alpha value is -2.90. The molecule has 2 fully saturated rings. The number of nitrogens with one attached hydrogen (secondary N) is 2. The Morgan fingerprint density at radius 1 is 1.18 bits per heavy atom. The van der Waals surface area contributed by atoms with Crippen LogP contribution in [0.5, 0.6) is 0 Å². The Morgan fingerprint density at radius 3 is 2.70 bits per heavy atom. The fourth-order valence-corrected chi connectivity index (χ4v) is 4.64. The highest BCUT2D eigenvalue weighted by Crippen LogP contribution is 2.38. The summed E-state index contributed by atoms with van der Waals surface area (Å²) in [7, 11) is 0. The molecule has 0 spiro atoms. The van der Waals surface area contributed by atoms with E-state index in [1.54, 1.807) is 18.3 Å². The van der Waals surface area contributed by atoms with Crippen LogP contribution in [-0.2, 0) is 6.42 Å². The largest absolute Gasteiger partial charge is 0.367 e. The van der Waals surface area contributed by atoms with Gasteiger partial charge in [0.1, 0.15) is 11.4 Å². The van der Waals surface area contributed by atoms with E-state index in [2.05, 4.69) is 10.6 Å². The number of aromatic nitrogens is 1. The van der Waals surface area contributed by atoms with Gasteiger partial charge in [-0.2, -0.15) is 0 Å². The van der Waals surface area contributed by atoms with Crippen molar-refractivity contribution in [1.82, 2.24) is 15.2 Å². The molecule has 2 aromatic carbocycles. The van der Waals surface area contributed by atoms with Crippen molar-refractivity contribution < 1.29 is 9.18 Å². The number of carbonyl (C=O) groups is 1. The second kappa shape index (κ2) is 9.15. The summed E-state index contributed by atoms with van der Waals surface area (Å²) in [6.07, 6.45) is 4.21. The van der Waals surface area contributed by atoms with Crippen LogP contribution < -0.4 is 21.0 Å². The number of anilines is 1. The Kier molecular flexibility index (Phi) is 6.08. The predicted octanol–water partition coefficient (Wildman–Crippen LogP) is 3.51. The molecule has 1 aliphatic heterocycles. The molecule has 1 saturated heterocycles. The number of hydrogen-bond donors (Lipinski definition) is 2. The molecule has 5 rings (SSSR count). The zero-order valence-corrected chi connectivity index (χ0v) is 19.0. The Bertz CT molecular complexity index is 1270. The molecule has 2 heterocycles. The maximum Gasteiger partial charge on any atom is 0.256 e. The van der Waals surface area contributed by atoms with Gasteiger partial charge in [0.25, 0.3) is 5.91 Å².